The zero-order valence-electron chi connectivity index (χ0n) is 14.6. The van der Waals surface area contributed by atoms with Gasteiger partial charge in [0.1, 0.15) is 0 Å². The smallest absolute Gasteiger partial charge is 0.255 e. The number of rotatable bonds is 4. The maximum atomic E-state index is 12.8. The molecule has 0 saturated carbocycles. The first-order chi connectivity index (χ1) is 10.9. The maximum Gasteiger partial charge on any atom is 0.255 e. The predicted molar refractivity (Wildman–Crippen MR) is 99.4 cm³/mol. The molecule has 1 aromatic carbocycles. The number of amides is 2. The number of nitrogens with zero attached hydrogens (tertiary/aromatic N) is 1. The van der Waals surface area contributed by atoms with Crippen LogP contribution in [0.25, 0.3) is 0 Å². The van der Waals surface area contributed by atoms with E-state index in [9.17, 15) is 9.59 Å². The van der Waals surface area contributed by atoms with Gasteiger partial charge in [0.2, 0.25) is 5.91 Å². The van der Waals surface area contributed by atoms with Crippen molar-refractivity contribution in [3.8, 4) is 0 Å². The van der Waals surface area contributed by atoms with E-state index < -0.39 is 0 Å². The van der Waals surface area contributed by atoms with E-state index in [0.717, 1.165) is 25.9 Å². The summed E-state index contributed by atoms with van der Waals surface area (Å²) in [6.45, 7) is 7.36. The highest BCUT2D eigenvalue weighted by Gasteiger charge is 2.24. The fraction of sp³-hybridized carbons (Fsp3) is 0.556. The zero-order valence-corrected chi connectivity index (χ0v) is 15.4. The Morgan fingerprint density at radius 3 is 2.38 bits per heavy atom. The molecule has 2 atom stereocenters. The van der Waals surface area contributed by atoms with Crippen molar-refractivity contribution < 1.29 is 9.59 Å². The molecule has 1 aromatic rings. The standard InChI is InChI=1S/C18H27N3O2.ClH/c1-12-8-10-21(11-9-12)18(23)15-6-4-5-7-16(15)20-17(22)13(2)14(3)19;/h4-7,12-14H,8-11,19H2,1-3H3,(H,20,22);1H. The summed E-state index contributed by atoms with van der Waals surface area (Å²) >= 11 is 0. The van der Waals surface area contributed by atoms with Crippen molar-refractivity contribution in [1.82, 2.24) is 4.90 Å². The van der Waals surface area contributed by atoms with Gasteiger partial charge in [0.25, 0.3) is 5.91 Å². The number of para-hydroxylation sites is 1. The van der Waals surface area contributed by atoms with Gasteiger partial charge in [0, 0.05) is 19.1 Å². The van der Waals surface area contributed by atoms with Crippen molar-refractivity contribution in [3.05, 3.63) is 29.8 Å². The van der Waals surface area contributed by atoms with E-state index >= 15 is 0 Å². The molecule has 0 bridgehead atoms. The number of hydrogen-bond donors (Lipinski definition) is 2. The van der Waals surface area contributed by atoms with Gasteiger partial charge in [0.15, 0.2) is 0 Å². The van der Waals surface area contributed by atoms with Crippen molar-refractivity contribution >= 4 is 29.9 Å². The maximum absolute atomic E-state index is 12.8. The molecule has 0 spiro atoms. The van der Waals surface area contributed by atoms with Crippen LogP contribution in [0.5, 0.6) is 0 Å². The highest BCUT2D eigenvalue weighted by atomic mass is 35.5. The summed E-state index contributed by atoms with van der Waals surface area (Å²) in [5.41, 5.74) is 6.89. The summed E-state index contributed by atoms with van der Waals surface area (Å²) in [7, 11) is 0. The van der Waals surface area contributed by atoms with Crippen LogP contribution in [-0.2, 0) is 4.79 Å². The van der Waals surface area contributed by atoms with Crippen LogP contribution in [0.1, 0.15) is 44.0 Å². The van der Waals surface area contributed by atoms with Crippen LogP contribution in [0.15, 0.2) is 24.3 Å². The summed E-state index contributed by atoms with van der Waals surface area (Å²) in [4.78, 5) is 26.9. The Hall–Kier alpha value is -1.59. The molecule has 1 saturated heterocycles. The van der Waals surface area contributed by atoms with Crippen LogP contribution in [-0.4, -0.2) is 35.8 Å². The topological polar surface area (TPSA) is 75.4 Å². The van der Waals surface area contributed by atoms with Gasteiger partial charge in [-0.25, -0.2) is 0 Å². The molecule has 2 unspecified atom stereocenters. The normalized spacial score (nSPS) is 17.6. The van der Waals surface area contributed by atoms with Gasteiger partial charge < -0.3 is 16.0 Å². The summed E-state index contributed by atoms with van der Waals surface area (Å²) in [5.74, 6) is 0.184. The number of anilines is 1. The van der Waals surface area contributed by atoms with Crippen molar-refractivity contribution in [2.75, 3.05) is 18.4 Å². The van der Waals surface area contributed by atoms with Gasteiger partial charge in [-0.3, -0.25) is 9.59 Å². The van der Waals surface area contributed by atoms with E-state index in [-0.39, 0.29) is 36.2 Å². The van der Waals surface area contributed by atoms with E-state index in [0.29, 0.717) is 17.2 Å². The number of halogens is 1. The Morgan fingerprint density at radius 2 is 1.79 bits per heavy atom. The second-order valence-electron chi connectivity index (χ2n) is 6.66. The second-order valence-corrected chi connectivity index (χ2v) is 6.66. The largest absolute Gasteiger partial charge is 0.339 e. The number of piperidine rings is 1. The molecule has 1 aliphatic heterocycles. The van der Waals surface area contributed by atoms with Gasteiger partial charge >= 0.3 is 0 Å². The van der Waals surface area contributed by atoms with E-state index in [1.54, 1.807) is 26.0 Å². The van der Waals surface area contributed by atoms with E-state index in [1.807, 2.05) is 17.0 Å². The average Bonchev–Trinajstić information content (AvgIpc) is 2.54. The number of nitrogens with two attached hydrogens (primary N) is 1. The van der Waals surface area contributed by atoms with Gasteiger partial charge in [0.05, 0.1) is 17.2 Å². The number of carbonyl (C=O) groups is 2. The minimum absolute atomic E-state index is 0. The van der Waals surface area contributed by atoms with Gasteiger partial charge in [-0.15, -0.1) is 12.4 Å². The zero-order chi connectivity index (χ0) is 17.0. The Bertz CT molecular complexity index is 569. The number of carbonyl (C=O) groups excluding carboxylic acids is 2. The number of nitrogens with one attached hydrogen (secondary N) is 1. The second kappa shape index (κ2) is 9.04. The lowest BCUT2D eigenvalue weighted by molar-refractivity contribution is -0.119. The van der Waals surface area contributed by atoms with E-state index in [1.165, 1.54) is 0 Å². The van der Waals surface area contributed by atoms with Gasteiger partial charge in [-0.2, -0.15) is 0 Å². The SMILES string of the molecule is CC1CCN(C(=O)c2ccccc2NC(=O)C(C)C(C)N)CC1.Cl. The third-order valence-electron chi connectivity index (χ3n) is 4.69. The van der Waals surface area contributed by atoms with Crippen LogP contribution in [0.3, 0.4) is 0 Å². The Balaban J connectivity index is 0.00000288. The molecular weight excluding hydrogens is 326 g/mol. The summed E-state index contributed by atoms with van der Waals surface area (Å²) in [5, 5.41) is 2.85. The third kappa shape index (κ3) is 4.95. The highest BCUT2D eigenvalue weighted by molar-refractivity contribution is 6.04. The molecule has 1 heterocycles. The van der Waals surface area contributed by atoms with Crippen LogP contribution in [0, 0.1) is 11.8 Å². The van der Waals surface area contributed by atoms with Gasteiger partial charge in [-0.05, 0) is 37.8 Å². The predicted octanol–water partition coefficient (Wildman–Crippen LogP) is 2.90. The van der Waals surface area contributed by atoms with E-state index in [2.05, 4.69) is 12.2 Å². The Labute approximate surface area is 150 Å². The lowest BCUT2D eigenvalue weighted by Gasteiger charge is -2.31. The molecule has 6 heteroatoms. The first kappa shape index (κ1) is 20.5. The third-order valence-corrected chi connectivity index (χ3v) is 4.69. The minimum atomic E-state index is -0.311. The molecule has 2 amide bonds. The monoisotopic (exact) mass is 353 g/mol. The van der Waals surface area contributed by atoms with Crippen LogP contribution >= 0.6 is 12.4 Å². The fourth-order valence-corrected chi connectivity index (χ4v) is 2.65. The molecule has 1 aliphatic rings. The molecule has 3 N–H and O–H groups in total. The lowest BCUT2D eigenvalue weighted by Crippen LogP contribution is -2.39. The fourth-order valence-electron chi connectivity index (χ4n) is 2.65. The van der Waals surface area contributed by atoms with Crippen molar-refractivity contribution in [1.29, 1.82) is 0 Å². The Morgan fingerprint density at radius 1 is 1.21 bits per heavy atom. The van der Waals surface area contributed by atoms with Gasteiger partial charge in [-0.1, -0.05) is 26.0 Å². The minimum Gasteiger partial charge on any atom is -0.339 e. The molecule has 1 fully saturated rings. The number of likely N-dealkylation sites (tertiary alicyclic amines) is 1. The molecular formula is C18H28ClN3O2. The summed E-state index contributed by atoms with van der Waals surface area (Å²) in [6.07, 6.45) is 2.06. The first-order valence-electron chi connectivity index (χ1n) is 8.35. The van der Waals surface area contributed by atoms with Crippen LogP contribution in [0.4, 0.5) is 5.69 Å². The molecule has 0 aromatic heterocycles. The summed E-state index contributed by atoms with van der Waals surface area (Å²) in [6, 6.07) is 6.95. The molecule has 2 rings (SSSR count). The highest BCUT2D eigenvalue weighted by Crippen LogP contribution is 2.22. The Kier molecular flexibility index (Phi) is 7.70. The molecule has 0 aliphatic carbocycles. The van der Waals surface area contributed by atoms with Crippen LogP contribution < -0.4 is 11.1 Å². The summed E-state index contributed by atoms with van der Waals surface area (Å²) < 4.78 is 0. The average molecular weight is 354 g/mol. The molecule has 24 heavy (non-hydrogen) atoms. The molecule has 0 radical (unpaired) electrons. The molecule has 134 valence electrons. The number of hydrogen-bond acceptors (Lipinski definition) is 3. The van der Waals surface area contributed by atoms with E-state index in [4.69, 9.17) is 5.73 Å². The van der Waals surface area contributed by atoms with Crippen molar-refractivity contribution in [2.24, 2.45) is 17.6 Å². The number of benzene rings is 1. The quantitative estimate of drug-likeness (QED) is 0.873. The van der Waals surface area contributed by atoms with Crippen LogP contribution in [0.2, 0.25) is 0 Å². The first-order valence-corrected chi connectivity index (χ1v) is 8.35. The lowest BCUT2D eigenvalue weighted by atomic mass is 9.98. The van der Waals surface area contributed by atoms with Crippen molar-refractivity contribution in [2.45, 2.75) is 39.7 Å². The molecule has 5 nitrogen and oxygen atoms in total. The van der Waals surface area contributed by atoms with Crippen molar-refractivity contribution in [3.63, 3.8) is 0 Å².